The Labute approximate surface area is 115 Å². The Bertz CT molecular complexity index is 471. The van der Waals surface area contributed by atoms with Gasteiger partial charge in [0, 0.05) is 4.47 Å². The highest BCUT2D eigenvalue weighted by molar-refractivity contribution is 9.10. The van der Waals surface area contributed by atoms with Crippen LogP contribution >= 0.6 is 15.9 Å². The smallest absolute Gasteiger partial charge is 0.326 e. The maximum absolute atomic E-state index is 12.0. The van der Waals surface area contributed by atoms with Crippen molar-refractivity contribution < 1.29 is 14.7 Å². The number of hydrogen-bond acceptors (Lipinski definition) is 2. The van der Waals surface area contributed by atoms with E-state index in [4.69, 9.17) is 5.11 Å². The normalized spacial score (nSPS) is 12.3. The first-order chi connectivity index (χ1) is 8.32. The summed E-state index contributed by atoms with van der Waals surface area (Å²) < 4.78 is 0.660. The number of aryl methyl sites for hydroxylation is 1. The number of halogens is 1. The first-order valence-corrected chi connectivity index (χ1v) is 6.42. The maximum atomic E-state index is 12.0. The van der Waals surface area contributed by atoms with E-state index < -0.39 is 12.0 Å². The monoisotopic (exact) mass is 313 g/mol. The maximum Gasteiger partial charge on any atom is 0.326 e. The van der Waals surface area contributed by atoms with Crippen LogP contribution in [0.15, 0.2) is 22.7 Å². The van der Waals surface area contributed by atoms with Crippen molar-refractivity contribution in [2.45, 2.75) is 26.8 Å². The van der Waals surface area contributed by atoms with Gasteiger partial charge in [-0.2, -0.15) is 0 Å². The summed E-state index contributed by atoms with van der Waals surface area (Å²) in [5, 5.41) is 11.6. The zero-order chi connectivity index (χ0) is 13.9. The molecule has 2 N–H and O–H groups in total. The zero-order valence-corrected chi connectivity index (χ0v) is 12.1. The van der Waals surface area contributed by atoms with Gasteiger partial charge in [0.15, 0.2) is 0 Å². The van der Waals surface area contributed by atoms with Crippen LogP contribution in [0.1, 0.15) is 29.8 Å². The molecule has 0 unspecified atom stereocenters. The number of nitrogens with one attached hydrogen (secondary N) is 1. The summed E-state index contributed by atoms with van der Waals surface area (Å²) in [7, 11) is 0. The molecule has 18 heavy (non-hydrogen) atoms. The molecule has 0 fully saturated rings. The quantitative estimate of drug-likeness (QED) is 0.898. The van der Waals surface area contributed by atoms with Crippen LogP contribution in [0.5, 0.6) is 0 Å². The van der Waals surface area contributed by atoms with Gasteiger partial charge in [-0.05, 0) is 46.5 Å². The highest BCUT2D eigenvalue weighted by Gasteiger charge is 2.24. The number of carboxylic acids is 1. The number of carbonyl (C=O) groups is 2. The summed E-state index contributed by atoms with van der Waals surface area (Å²) in [5.74, 6) is -1.58. The van der Waals surface area contributed by atoms with Gasteiger partial charge in [-0.1, -0.05) is 19.9 Å². The molecule has 1 amide bonds. The highest BCUT2D eigenvalue weighted by atomic mass is 79.9. The standard InChI is InChI=1S/C13H16BrNO3/c1-7(2)11(13(17)18)15-12(16)9-5-4-8(3)6-10(9)14/h4-7,11H,1-3H3,(H,15,16)(H,17,18)/t11-/m1/s1. The van der Waals surface area contributed by atoms with Gasteiger partial charge in [0.25, 0.3) is 5.91 Å². The summed E-state index contributed by atoms with van der Waals surface area (Å²) in [5.41, 5.74) is 1.46. The topological polar surface area (TPSA) is 66.4 Å². The fraction of sp³-hybridized carbons (Fsp3) is 0.385. The molecular formula is C13H16BrNO3. The van der Waals surface area contributed by atoms with Crippen LogP contribution in [-0.2, 0) is 4.79 Å². The molecule has 0 aliphatic rings. The lowest BCUT2D eigenvalue weighted by molar-refractivity contribution is -0.140. The largest absolute Gasteiger partial charge is 0.480 e. The highest BCUT2D eigenvalue weighted by Crippen LogP contribution is 2.18. The number of aliphatic carboxylic acids is 1. The van der Waals surface area contributed by atoms with E-state index in [0.717, 1.165) is 5.56 Å². The van der Waals surface area contributed by atoms with Gasteiger partial charge < -0.3 is 10.4 Å². The molecule has 1 rings (SSSR count). The average Bonchev–Trinajstić information content (AvgIpc) is 2.24. The van der Waals surface area contributed by atoms with Crippen molar-refractivity contribution in [3.63, 3.8) is 0 Å². The Morgan fingerprint density at radius 2 is 1.94 bits per heavy atom. The molecule has 4 nitrogen and oxygen atoms in total. The summed E-state index contributed by atoms with van der Waals surface area (Å²) in [6.45, 7) is 5.42. The SMILES string of the molecule is Cc1ccc(C(=O)N[C@@H](C(=O)O)C(C)C)c(Br)c1. The van der Waals surface area contributed by atoms with Crippen molar-refractivity contribution >= 4 is 27.8 Å². The predicted octanol–water partition coefficient (Wildman–Crippen LogP) is 2.60. The summed E-state index contributed by atoms with van der Waals surface area (Å²) in [6, 6.07) is 4.42. The molecule has 0 bridgehead atoms. The minimum absolute atomic E-state index is 0.171. The molecule has 0 radical (unpaired) electrons. The fourth-order valence-electron chi connectivity index (χ4n) is 1.54. The average molecular weight is 314 g/mol. The van der Waals surface area contributed by atoms with Crippen molar-refractivity contribution in [3.8, 4) is 0 Å². The Morgan fingerprint density at radius 3 is 2.39 bits per heavy atom. The Balaban J connectivity index is 2.91. The Hall–Kier alpha value is -1.36. The molecule has 0 saturated carbocycles. The number of amides is 1. The fourth-order valence-corrected chi connectivity index (χ4v) is 2.21. The Morgan fingerprint density at radius 1 is 1.33 bits per heavy atom. The van der Waals surface area contributed by atoms with Gasteiger partial charge in [-0.25, -0.2) is 4.79 Å². The summed E-state index contributed by atoms with van der Waals surface area (Å²) >= 11 is 3.30. The second-order valence-corrected chi connectivity index (χ2v) is 5.37. The van der Waals surface area contributed by atoms with Crippen LogP contribution in [-0.4, -0.2) is 23.0 Å². The third kappa shape index (κ3) is 3.57. The van der Waals surface area contributed by atoms with Gasteiger partial charge in [0.1, 0.15) is 6.04 Å². The van der Waals surface area contributed by atoms with E-state index >= 15 is 0 Å². The van der Waals surface area contributed by atoms with E-state index in [2.05, 4.69) is 21.2 Å². The van der Waals surface area contributed by atoms with Gasteiger partial charge in [-0.15, -0.1) is 0 Å². The van der Waals surface area contributed by atoms with Crippen LogP contribution in [0.2, 0.25) is 0 Å². The number of rotatable bonds is 4. The number of carbonyl (C=O) groups excluding carboxylic acids is 1. The number of benzene rings is 1. The molecule has 98 valence electrons. The first kappa shape index (κ1) is 14.7. The minimum Gasteiger partial charge on any atom is -0.480 e. The molecule has 0 aromatic heterocycles. The van der Waals surface area contributed by atoms with Gasteiger partial charge in [0.05, 0.1) is 5.56 Å². The molecule has 1 aromatic rings. The number of carboxylic acid groups (broad SMARTS) is 1. The van der Waals surface area contributed by atoms with E-state index in [9.17, 15) is 9.59 Å². The lowest BCUT2D eigenvalue weighted by Gasteiger charge is -2.18. The van der Waals surface area contributed by atoms with Crippen molar-refractivity contribution in [3.05, 3.63) is 33.8 Å². The van der Waals surface area contributed by atoms with Gasteiger partial charge >= 0.3 is 5.97 Å². The molecule has 1 aromatic carbocycles. The van der Waals surface area contributed by atoms with E-state index in [1.165, 1.54) is 0 Å². The van der Waals surface area contributed by atoms with Crippen LogP contribution in [0, 0.1) is 12.8 Å². The second-order valence-electron chi connectivity index (χ2n) is 4.52. The molecule has 0 heterocycles. The zero-order valence-electron chi connectivity index (χ0n) is 10.5. The van der Waals surface area contributed by atoms with E-state index in [1.54, 1.807) is 19.9 Å². The third-order valence-corrected chi connectivity index (χ3v) is 3.24. The lowest BCUT2D eigenvalue weighted by Crippen LogP contribution is -2.44. The molecule has 5 heteroatoms. The van der Waals surface area contributed by atoms with E-state index in [-0.39, 0.29) is 11.8 Å². The Kier molecular flexibility index (Phi) is 4.90. The molecule has 0 spiro atoms. The van der Waals surface area contributed by atoms with Crippen molar-refractivity contribution in [1.82, 2.24) is 5.32 Å². The lowest BCUT2D eigenvalue weighted by atomic mass is 10.0. The van der Waals surface area contributed by atoms with Gasteiger partial charge in [0.2, 0.25) is 0 Å². The molecule has 0 saturated heterocycles. The third-order valence-electron chi connectivity index (χ3n) is 2.59. The van der Waals surface area contributed by atoms with Crippen LogP contribution in [0.3, 0.4) is 0 Å². The molecular weight excluding hydrogens is 298 g/mol. The second kappa shape index (κ2) is 6.00. The van der Waals surface area contributed by atoms with Crippen molar-refractivity contribution in [2.24, 2.45) is 5.92 Å². The number of hydrogen-bond donors (Lipinski definition) is 2. The van der Waals surface area contributed by atoms with Crippen LogP contribution in [0.25, 0.3) is 0 Å². The molecule has 1 atom stereocenters. The van der Waals surface area contributed by atoms with Crippen LogP contribution in [0.4, 0.5) is 0 Å². The van der Waals surface area contributed by atoms with Crippen molar-refractivity contribution in [1.29, 1.82) is 0 Å². The summed E-state index contributed by atoms with van der Waals surface area (Å²) in [4.78, 5) is 23.0. The van der Waals surface area contributed by atoms with E-state index in [1.807, 2.05) is 19.1 Å². The first-order valence-electron chi connectivity index (χ1n) is 5.62. The summed E-state index contributed by atoms with van der Waals surface area (Å²) in [6.07, 6.45) is 0. The van der Waals surface area contributed by atoms with Gasteiger partial charge in [-0.3, -0.25) is 4.79 Å². The van der Waals surface area contributed by atoms with E-state index in [0.29, 0.717) is 10.0 Å². The van der Waals surface area contributed by atoms with Crippen LogP contribution < -0.4 is 5.32 Å². The minimum atomic E-state index is -1.03. The molecule has 0 aliphatic carbocycles. The predicted molar refractivity (Wildman–Crippen MR) is 72.6 cm³/mol. The molecule has 0 aliphatic heterocycles. The van der Waals surface area contributed by atoms with Crippen molar-refractivity contribution in [2.75, 3.05) is 0 Å².